The normalized spacial score (nSPS) is 14.1. The van der Waals surface area contributed by atoms with Crippen LogP contribution in [0.5, 0.6) is 0 Å². The number of halogens is 4. The average molecular weight is 589 g/mol. The Morgan fingerprint density at radius 1 is 0.900 bits per heavy atom. The van der Waals surface area contributed by atoms with E-state index >= 15 is 0 Å². The van der Waals surface area contributed by atoms with E-state index in [-0.39, 0.29) is 17.2 Å². The van der Waals surface area contributed by atoms with Gasteiger partial charge in [-0.1, -0.05) is 30.0 Å². The molecule has 0 radical (unpaired) electrons. The van der Waals surface area contributed by atoms with E-state index in [9.17, 15) is 27.2 Å². The number of piperazine rings is 1. The highest BCUT2D eigenvalue weighted by molar-refractivity contribution is 8.16. The molecular formula is C28H24F4N4O2S2. The van der Waals surface area contributed by atoms with Crippen molar-refractivity contribution in [3.05, 3.63) is 94.5 Å². The van der Waals surface area contributed by atoms with Crippen LogP contribution in [0.4, 0.5) is 23.2 Å². The number of carbonyl (C=O) groups is 1. The lowest BCUT2D eigenvalue weighted by atomic mass is 10.1. The van der Waals surface area contributed by atoms with Crippen molar-refractivity contribution in [2.45, 2.75) is 11.3 Å². The number of nitrogens with zero attached hydrogens (tertiary/aromatic N) is 4. The van der Waals surface area contributed by atoms with Crippen LogP contribution < -0.4 is 10.5 Å². The second kappa shape index (κ2) is 11.9. The number of anilines is 1. The van der Waals surface area contributed by atoms with Crippen LogP contribution in [-0.2, 0) is 11.0 Å². The molecule has 1 fully saturated rings. The molecule has 0 bridgehead atoms. The fourth-order valence-electron chi connectivity index (χ4n) is 4.43. The molecular weight excluding hydrogens is 564 g/mol. The van der Waals surface area contributed by atoms with Gasteiger partial charge >= 0.3 is 6.18 Å². The highest BCUT2D eigenvalue weighted by atomic mass is 32.2. The van der Waals surface area contributed by atoms with Gasteiger partial charge in [0, 0.05) is 37.0 Å². The Balaban J connectivity index is 1.19. The third kappa shape index (κ3) is 6.28. The summed E-state index contributed by atoms with van der Waals surface area (Å²) in [6.45, 7) is 1.72. The minimum absolute atomic E-state index is 0.0586. The van der Waals surface area contributed by atoms with Crippen molar-refractivity contribution < 1.29 is 22.4 Å². The number of fused-ring (bicyclic) bond motifs is 1. The number of benzene rings is 3. The molecule has 1 aliphatic heterocycles. The first-order valence-electron chi connectivity index (χ1n) is 12.4. The molecule has 0 atom stereocenters. The molecule has 0 saturated carbocycles. The Morgan fingerprint density at radius 3 is 2.35 bits per heavy atom. The monoisotopic (exact) mass is 588 g/mol. The Hall–Kier alpha value is -3.51. The minimum Gasteiger partial charge on any atom is -0.368 e. The van der Waals surface area contributed by atoms with E-state index in [1.165, 1.54) is 58.4 Å². The number of para-hydroxylation sites is 1. The molecule has 208 valence electrons. The van der Waals surface area contributed by atoms with Crippen molar-refractivity contribution >= 4 is 46.0 Å². The van der Waals surface area contributed by atoms with Crippen LogP contribution in [-0.4, -0.2) is 57.4 Å². The van der Waals surface area contributed by atoms with E-state index in [1.54, 1.807) is 35.2 Å². The van der Waals surface area contributed by atoms with E-state index < -0.39 is 17.6 Å². The van der Waals surface area contributed by atoms with Crippen molar-refractivity contribution in [3.8, 4) is 5.69 Å². The predicted molar refractivity (Wildman–Crippen MR) is 151 cm³/mol. The van der Waals surface area contributed by atoms with Gasteiger partial charge in [0.25, 0.3) is 5.56 Å². The average Bonchev–Trinajstić information content (AvgIpc) is 2.96. The largest absolute Gasteiger partial charge is 0.416 e. The van der Waals surface area contributed by atoms with Crippen molar-refractivity contribution in [2.75, 3.05) is 41.9 Å². The van der Waals surface area contributed by atoms with Crippen LogP contribution >= 0.6 is 23.5 Å². The van der Waals surface area contributed by atoms with Gasteiger partial charge in [-0.25, -0.2) is 9.37 Å². The van der Waals surface area contributed by atoms with Gasteiger partial charge in [0.2, 0.25) is 5.91 Å². The van der Waals surface area contributed by atoms with Gasteiger partial charge < -0.3 is 9.80 Å². The summed E-state index contributed by atoms with van der Waals surface area (Å²) < 4.78 is 54.1. The third-order valence-electron chi connectivity index (χ3n) is 6.50. The zero-order valence-corrected chi connectivity index (χ0v) is 22.7. The van der Waals surface area contributed by atoms with Gasteiger partial charge in [0.1, 0.15) is 5.82 Å². The first-order chi connectivity index (χ1) is 19.2. The van der Waals surface area contributed by atoms with Crippen LogP contribution in [0.25, 0.3) is 16.6 Å². The summed E-state index contributed by atoms with van der Waals surface area (Å²) in [6, 6.07) is 17.8. The Kier molecular flexibility index (Phi) is 8.36. The number of aromatic nitrogens is 2. The van der Waals surface area contributed by atoms with Crippen molar-refractivity contribution in [2.24, 2.45) is 0 Å². The molecule has 5 rings (SSSR count). The van der Waals surface area contributed by atoms with E-state index in [1.807, 2.05) is 4.90 Å². The van der Waals surface area contributed by atoms with Crippen LogP contribution in [0.3, 0.4) is 0 Å². The minimum atomic E-state index is -4.40. The van der Waals surface area contributed by atoms with E-state index in [0.29, 0.717) is 58.7 Å². The highest BCUT2D eigenvalue weighted by Gasteiger charge is 2.31. The second-order valence-corrected chi connectivity index (χ2v) is 11.3. The number of thioether (sulfide) groups is 2. The lowest BCUT2D eigenvalue weighted by molar-refractivity contribution is -0.137. The second-order valence-electron chi connectivity index (χ2n) is 9.06. The van der Waals surface area contributed by atoms with E-state index in [4.69, 9.17) is 0 Å². The van der Waals surface area contributed by atoms with Gasteiger partial charge in [-0.2, -0.15) is 13.2 Å². The number of hydrogen-bond acceptors (Lipinski definition) is 6. The van der Waals surface area contributed by atoms with Crippen LogP contribution in [0.1, 0.15) is 5.56 Å². The number of hydrogen-bond donors (Lipinski definition) is 0. The van der Waals surface area contributed by atoms with E-state index in [0.717, 1.165) is 12.1 Å². The molecule has 0 unspecified atom stereocenters. The van der Waals surface area contributed by atoms with Crippen molar-refractivity contribution in [3.63, 3.8) is 0 Å². The number of amides is 1. The molecule has 2 heterocycles. The molecule has 3 aromatic carbocycles. The van der Waals surface area contributed by atoms with Crippen LogP contribution in [0.2, 0.25) is 0 Å². The summed E-state index contributed by atoms with van der Waals surface area (Å²) in [4.78, 5) is 34.3. The van der Waals surface area contributed by atoms with Crippen LogP contribution in [0.15, 0.2) is 82.7 Å². The Bertz CT molecular complexity index is 1570. The van der Waals surface area contributed by atoms with Gasteiger partial charge in [0.05, 0.1) is 27.9 Å². The summed E-state index contributed by atoms with van der Waals surface area (Å²) >= 11 is 2.70. The zero-order valence-electron chi connectivity index (χ0n) is 21.1. The standard InChI is InChI=1S/C28H24F4N4O2S2/c29-20-8-10-21(11-9-20)36-26(38)23-6-1-2-7-24(23)33-27(36)40-18-39-17-25(37)35-14-12-34(13-15-35)22-5-3-4-19(16-22)28(30,31)32/h1-11,16H,12-15,17-18H2. The zero-order chi connectivity index (χ0) is 28.3. The predicted octanol–water partition coefficient (Wildman–Crippen LogP) is 5.68. The summed E-state index contributed by atoms with van der Waals surface area (Å²) in [5.41, 5.74) is 0.574. The summed E-state index contributed by atoms with van der Waals surface area (Å²) in [7, 11) is 0. The lowest BCUT2D eigenvalue weighted by Crippen LogP contribution is -2.49. The van der Waals surface area contributed by atoms with Crippen molar-refractivity contribution in [1.82, 2.24) is 14.5 Å². The molecule has 1 aromatic heterocycles. The van der Waals surface area contributed by atoms with Crippen LogP contribution in [0, 0.1) is 5.82 Å². The van der Waals surface area contributed by atoms with Gasteiger partial charge in [-0.15, -0.1) is 11.8 Å². The van der Waals surface area contributed by atoms with Gasteiger partial charge in [-0.05, 0) is 54.6 Å². The molecule has 1 saturated heterocycles. The Morgan fingerprint density at radius 2 is 1.62 bits per heavy atom. The van der Waals surface area contributed by atoms with Gasteiger partial charge in [0.15, 0.2) is 5.16 Å². The maximum absolute atomic E-state index is 13.5. The molecule has 0 aliphatic carbocycles. The molecule has 1 aliphatic rings. The molecule has 12 heteroatoms. The van der Waals surface area contributed by atoms with Crippen molar-refractivity contribution in [1.29, 1.82) is 0 Å². The summed E-state index contributed by atoms with van der Waals surface area (Å²) in [5.74, 6) is -0.258. The fraction of sp³-hybridized carbons (Fsp3) is 0.250. The smallest absolute Gasteiger partial charge is 0.368 e. The number of carbonyl (C=O) groups excluding carboxylic acids is 1. The third-order valence-corrected chi connectivity index (χ3v) is 8.62. The quantitative estimate of drug-likeness (QED) is 0.0912. The topological polar surface area (TPSA) is 58.4 Å². The SMILES string of the molecule is O=C(CSCSc1nc2ccccc2c(=O)n1-c1ccc(F)cc1)N1CCN(c2cccc(C(F)(F)F)c2)CC1. The molecule has 40 heavy (non-hydrogen) atoms. The molecule has 4 aromatic rings. The highest BCUT2D eigenvalue weighted by Crippen LogP contribution is 2.32. The maximum atomic E-state index is 13.5. The summed E-state index contributed by atoms with van der Waals surface area (Å²) in [6.07, 6.45) is -4.40. The molecule has 6 nitrogen and oxygen atoms in total. The molecule has 0 spiro atoms. The lowest BCUT2D eigenvalue weighted by Gasteiger charge is -2.36. The first-order valence-corrected chi connectivity index (χ1v) is 14.5. The van der Waals surface area contributed by atoms with Gasteiger partial charge in [-0.3, -0.25) is 14.2 Å². The molecule has 1 amide bonds. The number of rotatable bonds is 7. The fourth-order valence-corrected chi connectivity index (χ4v) is 6.36. The first kappa shape index (κ1) is 28.0. The molecule has 0 N–H and O–H groups in total. The number of alkyl halides is 3. The van der Waals surface area contributed by atoms with E-state index in [2.05, 4.69) is 4.98 Å². The maximum Gasteiger partial charge on any atom is 0.416 e. The summed E-state index contributed by atoms with van der Waals surface area (Å²) in [5, 5.41) is 1.33. The Labute approximate surface area is 236 Å².